The lowest BCUT2D eigenvalue weighted by Gasteiger charge is -2.24. The Hall–Kier alpha value is -2.69. The Balaban J connectivity index is 2.15. The number of esters is 2. The predicted molar refractivity (Wildman–Crippen MR) is 122 cm³/mol. The minimum atomic E-state index is -0.365. The van der Waals surface area contributed by atoms with E-state index in [1.807, 2.05) is 56.4 Å². The summed E-state index contributed by atoms with van der Waals surface area (Å²) in [6.07, 6.45) is 15.0. The third-order valence-electron chi connectivity index (χ3n) is 5.41. The van der Waals surface area contributed by atoms with Crippen molar-refractivity contribution in [3.8, 4) is 0 Å². The van der Waals surface area contributed by atoms with Gasteiger partial charge in [-0.2, -0.15) is 0 Å². The lowest BCUT2D eigenvalue weighted by molar-refractivity contribution is -0.148. The number of aromatic nitrogens is 1. The molecule has 0 aliphatic carbocycles. The molecule has 1 aromatic rings. The molecule has 0 radical (unpaired) electrons. The molecular weight excluding hydrogens is 390 g/mol. The number of hydrogen-bond donors (Lipinski definition) is 0. The van der Waals surface area contributed by atoms with E-state index < -0.39 is 0 Å². The average Bonchev–Trinajstić information content (AvgIpc) is 2.74. The van der Waals surface area contributed by atoms with Gasteiger partial charge in [0.15, 0.2) is 0 Å². The zero-order valence-corrected chi connectivity index (χ0v) is 19.1. The second kappa shape index (κ2) is 12.9. The summed E-state index contributed by atoms with van der Waals surface area (Å²) in [7, 11) is 0. The zero-order chi connectivity index (χ0) is 22.6. The van der Waals surface area contributed by atoms with Crippen LogP contribution in [-0.2, 0) is 19.1 Å². The van der Waals surface area contributed by atoms with Gasteiger partial charge in [0, 0.05) is 37.1 Å². The number of ether oxygens (including phenoxy) is 2. The summed E-state index contributed by atoms with van der Waals surface area (Å²) < 4.78 is 11.3. The van der Waals surface area contributed by atoms with Crippen molar-refractivity contribution in [2.24, 2.45) is 5.92 Å². The first-order chi connectivity index (χ1) is 14.9. The lowest BCUT2D eigenvalue weighted by Crippen LogP contribution is -2.26. The van der Waals surface area contributed by atoms with Crippen molar-refractivity contribution < 1.29 is 19.1 Å². The number of carbonyl (C=O) groups is 2. The number of nitrogens with zero attached hydrogens (tertiary/aromatic N) is 1. The summed E-state index contributed by atoms with van der Waals surface area (Å²) in [4.78, 5) is 28.2. The van der Waals surface area contributed by atoms with Gasteiger partial charge < -0.3 is 9.47 Å². The molecule has 168 valence electrons. The van der Waals surface area contributed by atoms with Gasteiger partial charge in [-0.3, -0.25) is 14.6 Å². The van der Waals surface area contributed by atoms with Crippen LogP contribution in [0.4, 0.5) is 0 Å². The first-order valence-corrected chi connectivity index (χ1v) is 11.2. The quantitative estimate of drug-likeness (QED) is 0.345. The molecule has 2 heterocycles. The molecule has 2 rings (SSSR count). The number of allylic oxidation sites excluding steroid dienone is 3. The molecule has 0 bridgehead atoms. The van der Waals surface area contributed by atoms with E-state index >= 15 is 0 Å². The molecule has 0 N–H and O–H groups in total. The Bertz CT molecular complexity index is 797. The van der Waals surface area contributed by atoms with Crippen LogP contribution in [0.15, 0.2) is 60.3 Å². The Morgan fingerprint density at radius 2 is 2.03 bits per heavy atom. The SMILES string of the molecule is CC(=O)O[C@H]1/C=C/[C@H](C)[C@@H](/C(C)=C/C=C/[C@@H](C)c2ccccn2)OC(=O)CCCCC1. The number of hydrogen-bond acceptors (Lipinski definition) is 5. The van der Waals surface area contributed by atoms with Gasteiger partial charge in [-0.15, -0.1) is 0 Å². The van der Waals surface area contributed by atoms with E-state index in [0.717, 1.165) is 37.0 Å². The second-order valence-corrected chi connectivity index (χ2v) is 8.24. The van der Waals surface area contributed by atoms with Crippen molar-refractivity contribution in [2.75, 3.05) is 0 Å². The van der Waals surface area contributed by atoms with Gasteiger partial charge in [-0.05, 0) is 50.0 Å². The molecule has 1 aliphatic rings. The van der Waals surface area contributed by atoms with Gasteiger partial charge in [-0.1, -0.05) is 50.6 Å². The monoisotopic (exact) mass is 425 g/mol. The molecule has 1 aromatic heterocycles. The van der Waals surface area contributed by atoms with Crippen molar-refractivity contribution in [3.63, 3.8) is 0 Å². The number of pyridine rings is 1. The van der Waals surface area contributed by atoms with Gasteiger partial charge in [0.1, 0.15) is 12.2 Å². The topological polar surface area (TPSA) is 65.5 Å². The zero-order valence-electron chi connectivity index (χ0n) is 19.1. The summed E-state index contributed by atoms with van der Waals surface area (Å²) in [5.74, 6) is -0.299. The third-order valence-corrected chi connectivity index (χ3v) is 5.41. The second-order valence-electron chi connectivity index (χ2n) is 8.24. The molecule has 5 heteroatoms. The van der Waals surface area contributed by atoms with Crippen LogP contribution >= 0.6 is 0 Å². The molecule has 4 atom stereocenters. The average molecular weight is 426 g/mol. The first kappa shape index (κ1) is 24.6. The van der Waals surface area contributed by atoms with Crippen LogP contribution in [0, 0.1) is 5.92 Å². The minimum absolute atomic E-state index is 0.0423. The molecule has 0 unspecified atom stereocenters. The summed E-state index contributed by atoms with van der Waals surface area (Å²) in [6, 6.07) is 5.89. The Morgan fingerprint density at radius 1 is 1.23 bits per heavy atom. The highest BCUT2D eigenvalue weighted by molar-refractivity contribution is 5.70. The van der Waals surface area contributed by atoms with E-state index in [1.165, 1.54) is 6.92 Å². The summed E-state index contributed by atoms with van der Waals surface area (Å²) in [5, 5.41) is 0. The molecule has 0 spiro atoms. The molecule has 5 nitrogen and oxygen atoms in total. The summed E-state index contributed by atoms with van der Waals surface area (Å²) >= 11 is 0. The van der Waals surface area contributed by atoms with E-state index in [2.05, 4.69) is 18.0 Å². The Morgan fingerprint density at radius 3 is 2.74 bits per heavy atom. The number of cyclic esters (lactones) is 1. The van der Waals surface area contributed by atoms with Crippen LogP contribution in [-0.4, -0.2) is 29.1 Å². The smallest absolute Gasteiger partial charge is 0.306 e. The van der Waals surface area contributed by atoms with Crippen LogP contribution in [0.5, 0.6) is 0 Å². The Kier molecular flexibility index (Phi) is 10.2. The van der Waals surface area contributed by atoms with E-state index in [4.69, 9.17) is 9.47 Å². The predicted octanol–water partition coefficient (Wildman–Crippen LogP) is 5.69. The number of rotatable bonds is 5. The van der Waals surface area contributed by atoms with Gasteiger partial charge in [0.2, 0.25) is 0 Å². The van der Waals surface area contributed by atoms with Gasteiger partial charge in [-0.25, -0.2) is 0 Å². The van der Waals surface area contributed by atoms with Crippen LogP contribution in [0.3, 0.4) is 0 Å². The standard InChI is InChI=1S/C26H35NO4/c1-19(24-14-8-9-18-27-24)11-10-12-20(2)26-21(3)16-17-23(30-22(4)28)13-6-5-7-15-25(29)31-26/h8-12,14,16-19,21,23,26H,5-7,13,15H2,1-4H3/b11-10+,17-16+,20-12+/t19-,21+,23-,26-/m1/s1. The van der Waals surface area contributed by atoms with E-state index in [9.17, 15) is 9.59 Å². The fourth-order valence-corrected chi connectivity index (χ4v) is 3.63. The highest BCUT2D eigenvalue weighted by Crippen LogP contribution is 2.22. The van der Waals surface area contributed by atoms with Crippen molar-refractivity contribution in [1.82, 2.24) is 4.98 Å². The molecule has 31 heavy (non-hydrogen) atoms. The van der Waals surface area contributed by atoms with Crippen molar-refractivity contribution in [2.45, 2.75) is 77.9 Å². The lowest BCUT2D eigenvalue weighted by atomic mass is 9.95. The van der Waals surface area contributed by atoms with E-state index in [1.54, 1.807) is 6.20 Å². The van der Waals surface area contributed by atoms with Crippen LogP contribution in [0.2, 0.25) is 0 Å². The Labute approximate surface area is 186 Å². The maximum Gasteiger partial charge on any atom is 0.306 e. The highest BCUT2D eigenvalue weighted by atomic mass is 16.5. The van der Waals surface area contributed by atoms with E-state index in [-0.39, 0.29) is 36.0 Å². The van der Waals surface area contributed by atoms with Crippen LogP contribution < -0.4 is 0 Å². The number of carbonyl (C=O) groups excluding carboxylic acids is 2. The van der Waals surface area contributed by atoms with Gasteiger partial charge in [0.25, 0.3) is 0 Å². The third kappa shape index (κ3) is 8.91. The van der Waals surface area contributed by atoms with E-state index in [0.29, 0.717) is 6.42 Å². The highest BCUT2D eigenvalue weighted by Gasteiger charge is 2.22. The summed E-state index contributed by atoms with van der Waals surface area (Å²) in [5.41, 5.74) is 1.98. The fourth-order valence-electron chi connectivity index (χ4n) is 3.63. The van der Waals surface area contributed by atoms with Crippen molar-refractivity contribution >= 4 is 11.9 Å². The first-order valence-electron chi connectivity index (χ1n) is 11.2. The van der Waals surface area contributed by atoms with Crippen LogP contribution in [0.1, 0.15) is 71.4 Å². The largest absolute Gasteiger partial charge is 0.458 e. The molecule has 0 aromatic carbocycles. The van der Waals surface area contributed by atoms with Crippen molar-refractivity contribution in [1.29, 1.82) is 0 Å². The molecule has 0 fully saturated rings. The maximum absolute atomic E-state index is 12.4. The molecule has 0 amide bonds. The molecular formula is C26H35NO4. The fraction of sp³-hybridized carbons (Fsp3) is 0.500. The normalized spacial score (nSPS) is 25.7. The van der Waals surface area contributed by atoms with Gasteiger partial charge >= 0.3 is 11.9 Å². The summed E-state index contributed by atoms with van der Waals surface area (Å²) in [6.45, 7) is 7.53. The molecule has 0 saturated heterocycles. The van der Waals surface area contributed by atoms with Crippen molar-refractivity contribution in [3.05, 3.63) is 66.0 Å². The van der Waals surface area contributed by atoms with Gasteiger partial charge in [0.05, 0.1) is 0 Å². The van der Waals surface area contributed by atoms with Crippen LogP contribution in [0.25, 0.3) is 0 Å². The maximum atomic E-state index is 12.4. The minimum Gasteiger partial charge on any atom is -0.458 e. The molecule has 0 saturated carbocycles. The molecule has 1 aliphatic heterocycles.